The summed E-state index contributed by atoms with van der Waals surface area (Å²) in [6.45, 7) is 8.87. The van der Waals surface area contributed by atoms with E-state index in [0.29, 0.717) is 12.5 Å². The minimum absolute atomic E-state index is 0.203. The first kappa shape index (κ1) is 13.3. The van der Waals surface area contributed by atoms with Gasteiger partial charge in [0.1, 0.15) is 0 Å². The zero-order valence-corrected chi connectivity index (χ0v) is 11.8. The number of aryl methyl sites for hydroxylation is 1. The molecule has 0 atom stereocenters. The van der Waals surface area contributed by atoms with Crippen LogP contribution in [0.4, 0.5) is 0 Å². The SMILES string of the molecule is CCn1c2c(cc(CNCC(C)C)c1=O)CCC2. The highest BCUT2D eigenvalue weighted by atomic mass is 16.1. The smallest absolute Gasteiger partial charge is 0.255 e. The van der Waals surface area contributed by atoms with Crippen molar-refractivity contribution in [1.29, 1.82) is 0 Å². The normalized spacial score (nSPS) is 14.2. The maximum absolute atomic E-state index is 12.4. The molecule has 1 heterocycles. The summed E-state index contributed by atoms with van der Waals surface area (Å²) in [5, 5.41) is 3.37. The van der Waals surface area contributed by atoms with Gasteiger partial charge in [0.15, 0.2) is 0 Å². The van der Waals surface area contributed by atoms with Crippen molar-refractivity contribution in [1.82, 2.24) is 9.88 Å². The molecule has 1 aromatic rings. The van der Waals surface area contributed by atoms with Crippen LogP contribution >= 0.6 is 0 Å². The number of rotatable bonds is 5. The molecule has 0 unspecified atom stereocenters. The summed E-state index contributed by atoms with van der Waals surface area (Å²) in [4.78, 5) is 12.4. The van der Waals surface area contributed by atoms with Gasteiger partial charge in [-0.15, -0.1) is 0 Å². The van der Waals surface area contributed by atoms with E-state index in [9.17, 15) is 4.79 Å². The number of pyridine rings is 1. The second kappa shape index (κ2) is 5.70. The minimum atomic E-state index is 0.203. The third-order valence-corrected chi connectivity index (χ3v) is 3.61. The van der Waals surface area contributed by atoms with Crippen LogP contribution in [-0.2, 0) is 25.9 Å². The van der Waals surface area contributed by atoms with Gasteiger partial charge in [0.2, 0.25) is 0 Å². The van der Waals surface area contributed by atoms with Gasteiger partial charge in [0.05, 0.1) is 0 Å². The average Bonchev–Trinajstić information content (AvgIpc) is 2.77. The average molecular weight is 248 g/mol. The summed E-state index contributed by atoms with van der Waals surface area (Å²) in [6.07, 6.45) is 3.39. The van der Waals surface area contributed by atoms with Crippen LogP contribution in [0.5, 0.6) is 0 Å². The molecule has 0 spiro atoms. The number of fused-ring (bicyclic) bond motifs is 1. The first-order valence-corrected chi connectivity index (χ1v) is 7.08. The van der Waals surface area contributed by atoms with E-state index in [1.807, 2.05) is 4.57 Å². The number of nitrogens with one attached hydrogen (secondary N) is 1. The standard InChI is InChI=1S/C15H24N2O/c1-4-17-14-7-5-6-12(14)8-13(15(17)18)10-16-9-11(2)3/h8,11,16H,4-7,9-10H2,1-3H3. The molecule has 100 valence electrons. The summed E-state index contributed by atoms with van der Waals surface area (Å²) in [7, 11) is 0. The van der Waals surface area contributed by atoms with Crippen molar-refractivity contribution < 1.29 is 0 Å². The van der Waals surface area contributed by atoms with E-state index < -0.39 is 0 Å². The van der Waals surface area contributed by atoms with E-state index in [1.54, 1.807) is 0 Å². The fraction of sp³-hybridized carbons (Fsp3) is 0.667. The largest absolute Gasteiger partial charge is 0.312 e. The molecular weight excluding hydrogens is 224 g/mol. The Kier molecular flexibility index (Phi) is 4.23. The van der Waals surface area contributed by atoms with Gasteiger partial charge in [-0.2, -0.15) is 0 Å². The summed E-state index contributed by atoms with van der Waals surface area (Å²) in [5.41, 5.74) is 3.79. The van der Waals surface area contributed by atoms with Gasteiger partial charge in [-0.1, -0.05) is 13.8 Å². The van der Waals surface area contributed by atoms with E-state index in [2.05, 4.69) is 32.2 Å². The topological polar surface area (TPSA) is 34.0 Å². The van der Waals surface area contributed by atoms with Crippen LogP contribution in [0.25, 0.3) is 0 Å². The van der Waals surface area contributed by atoms with E-state index in [4.69, 9.17) is 0 Å². The first-order valence-electron chi connectivity index (χ1n) is 7.08. The molecular formula is C15H24N2O. The molecule has 1 aliphatic carbocycles. The Balaban J connectivity index is 2.23. The maximum atomic E-state index is 12.4. The summed E-state index contributed by atoms with van der Waals surface area (Å²) < 4.78 is 1.97. The molecule has 0 saturated heterocycles. The molecule has 1 aromatic heterocycles. The van der Waals surface area contributed by atoms with Crippen LogP contribution in [0, 0.1) is 5.92 Å². The molecule has 0 aliphatic heterocycles. The van der Waals surface area contributed by atoms with Gasteiger partial charge in [-0.05, 0) is 50.3 Å². The second-order valence-corrected chi connectivity index (χ2v) is 5.57. The van der Waals surface area contributed by atoms with Gasteiger partial charge in [0.25, 0.3) is 5.56 Å². The monoisotopic (exact) mass is 248 g/mol. The van der Waals surface area contributed by atoms with Crippen molar-refractivity contribution in [2.75, 3.05) is 6.54 Å². The molecule has 2 rings (SSSR count). The van der Waals surface area contributed by atoms with Crippen molar-refractivity contribution in [3.8, 4) is 0 Å². The molecule has 0 fully saturated rings. The van der Waals surface area contributed by atoms with Crippen LogP contribution in [0.2, 0.25) is 0 Å². The lowest BCUT2D eigenvalue weighted by Gasteiger charge is -2.14. The first-order chi connectivity index (χ1) is 8.63. The zero-order valence-electron chi connectivity index (χ0n) is 11.8. The Morgan fingerprint density at radius 3 is 2.83 bits per heavy atom. The molecule has 3 heteroatoms. The minimum Gasteiger partial charge on any atom is -0.312 e. The van der Waals surface area contributed by atoms with Crippen molar-refractivity contribution in [3.05, 3.63) is 33.2 Å². The Morgan fingerprint density at radius 2 is 2.17 bits per heavy atom. The molecule has 3 nitrogen and oxygen atoms in total. The van der Waals surface area contributed by atoms with Crippen LogP contribution in [-0.4, -0.2) is 11.1 Å². The van der Waals surface area contributed by atoms with Gasteiger partial charge < -0.3 is 9.88 Å². The van der Waals surface area contributed by atoms with Crippen molar-refractivity contribution >= 4 is 0 Å². The summed E-state index contributed by atoms with van der Waals surface area (Å²) in [5.74, 6) is 0.618. The molecule has 18 heavy (non-hydrogen) atoms. The Morgan fingerprint density at radius 1 is 1.39 bits per heavy atom. The van der Waals surface area contributed by atoms with E-state index >= 15 is 0 Å². The lowest BCUT2D eigenvalue weighted by atomic mass is 10.1. The molecule has 0 amide bonds. The number of hydrogen-bond acceptors (Lipinski definition) is 2. The predicted molar refractivity (Wildman–Crippen MR) is 74.9 cm³/mol. The van der Waals surface area contributed by atoms with E-state index in [1.165, 1.54) is 17.7 Å². The highest BCUT2D eigenvalue weighted by molar-refractivity contribution is 5.30. The van der Waals surface area contributed by atoms with Gasteiger partial charge in [-0.25, -0.2) is 0 Å². The third-order valence-electron chi connectivity index (χ3n) is 3.61. The fourth-order valence-electron chi connectivity index (χ4n) is 2.74. The van der Waals surface area contributed by atoms with Crippen LogP contribution < -0.4 is 10.9 Å². The lowest BCUT2D eigenvalue weighted by Crippen LogP contribution is -2.30. The van der Waals surface area contributed by atoms with Crippen molar-refractivity contribution in [2.24, 2.45) is 5.92 Å². The quantitative estimate of drug-likeness (QED) is 0.866. The molecule has 1 aliphatic rings. The highest BCUT2D eigenvalue weighted by Gasteiger charge is 2.17. The van der Waals surface area contributed by atoms with Gasteiger partial charge in [-0.3, -0.25) is 4.79 Å². The molecule has 0 aromatic carbocycles. The van der Waals surface area contributed by atoms with Crippen molar-refractivity contribution in [3.63, 3.8) is 0 Å². The van der Waals surface area contributed by atoms with E-state index in [-0.39, 0.29) is 5.56 Å². The highest BCUT2D eigenvalue weighted by Crippen LogP contribution is 2.21. The van der Waals surface area contributed by atoms with E-state index in [0.717, 1.165) is 31.5 Å². The number of nitrogens with zero attached hydrogens (tertiary/aromatic N) is 1. The Labute approximate surface area is 109 Å². The van der Waals surface area contributed by atoms with Crippen LogP contribution in [0.15, 0.2) is 10.9 Å². The third kappa shape index (κ3) is 2.66. The number of hydrogen-bond donors (Lipinski definition) is 1. The fourth-order valence-corrected chi connectivity index (χ4v) is 2.74. The number of aromatic nitrogens is 1. The van der Waals surface area contributed by atoms with Crippen LogP contribution in [0.3, 0.4) is 0 Å². The predicted octanol–water partition coefficient (Wildman–Crippen LogP) is 2.10. The Hall–Kier alpha value is -1.09. The zero-order chi connectivity index (χ0) is 13.1. The van der Waals surface area contributed by atoms with Crippen LogP contribution in [0.1, 0.15) is 44.0 Å². The molecule has 0 bridgehead atoms. The molecule has 0 radical (unpaired) electrons. The second-order valence-electron chi connectivity index (χ2n) is 5.57. The van der Waals surface area contributed by atoms with Crippen molar-refractivity contribution in [2.45, 2.75) is 53.1 Å². The Bertz CT molecular complexity index is 474. The molecule has 1 N–H and O–H groups in total. The maximum Gasteiger partial charge on any atom is 0.255 e. The van der Waals surface area contributed by atoms with Gasteiger partial charge in [0, 0.05) is 24.3 Å². The summed E-state index contributed by atoms with van der Waals surface area (Å²) in [6, 6.07) is 2.13. The summed E-state index contributed by atoms with van der Waals surface area (Å²) >= 11 is 0. The molecule has 0 saturated carbocycles. The lowest BCUT2D eigenvalue weighted by molar-refractivity contribution is 0.547. The van der Waals surface area contributed by atoms with Gasteiger partial charge >= 0.3 is 0 Å².